The Morgan fingerprint density at radius 3 is 2.75 bits per heavy atom. The molecule has 1 amide bonds. The van der Waals surface area contributed by atoms with E-state index in [-0.39, 0.29) is 12.5 Å². The first-order valence-electron chi connectivity index (χ1n) is 6.24. The SMILES string of the molecule is Cc1noc(C)c1CNCC(=O)Nc1ccccc1Cl. The molecule has 0 bridgehead atoms. The lowest BCUT2D eigenvalue weighted by molar-refractivity contribution is -0.115. The van der Waals surface area contributed by atoms with Gasteiger partial charge in [0.25, 0.3) is 0 Å². The standard InChI is InChI=1S/C14H16ClN3O2/c1-9-11(10(2)20-18-9)7-16-8-14(19)17-13-6-4-3-5-12(13)15/h3-6,16H,7-8H2,1-2H3,(H,17,19). The second-order valence-electron chi connectivity index (χ2n) is 4.43. The fourth-order valence-corrected chi connectivity index (χ4v) is 2.00. The molecule has 2 aromatic rings. The van der Waals surface area contributed by atoms with Crippen LogP contribution in [-0.2, 0) is 11.3 Å². The van der Waals surface area contributed by atoms with Crippen molar-refractivity contribution in [3.8, 4) is 0 Å². The second kappa shape index (κ2) is 6.54. The van der Waals surface area contributed by atoms with Crippen LogP contribution in [0.3, 0.4) is 0 Å². The first-order chi connectivity index (χ1) is 9.58. The Bertz CT molecular complexity index is 591. The normalized spacial score (nSPS) is 10.6. The number of anilines is 1. The molecule has 0 aliphatic rings. The van der Waals surface area contributed by atoms with Crippen LogP contribution in [0.15, 0.2) is 28.8 Å². The van der Waals surface area contributed by atoms with E-state index in [4.69, 9.17) is 16.1 Å². The summed E-state index contributed by atoms with van der Waals surface area (Å²) in [6, 6.07) is 7.12. The monoisotopic (exact) mass is 293 g/mol. The van der Waals surface area contributed by atoms with E-state index < -0.39 is 0 Å². The highest BCUT2D eigenvalue weighted by molar-refractivity contribution is 6.33. The minimum atomic E-state index is -0.148. The van der Waals surface area contributed by atoms with Gasteiger partial charge in [-0.15, -0.1) is 0 Å². The van der Waals surface area contributed by atoms with E-state index >= 15 is 0 Å². The van der Waals surface area contributed by atoms with Crippen molar-refractivity contribution in [2.24, 2.45) is 0 Å². The third kappa shape index (κ3) is 3.59. The number of amides is 1. The number of hydrogen-bond acceptors (Lipinski definition) is 4. The van der Waals surface area contributed by atoms with E-state index in [9.17, 15) is 4.79 Å². The summed E-state index contributed by atoms with van der Waals surface area (Å²) in [6.07, 6.45) is 0. The minimum Gasteiger partial charge on any atom is -0.361 e. The molecule has 2 N–H and O–H groups in total. The lowest BCUT2D eigenvalue weighted by atomic mass is 10.2. The van der Waals surface area contributed by atoms with Crippen LogP contribution in [0.5, 0.6) is 0 Å². The van der Waals surface area contributed by atoms with Gasteiger partial charge in [-0.05, 0) is 26.0 Å². The molecule has 5 nitrogen and oxygen atoms in total. The molecule has 2 rings (SSSR count). The predicted molar refractivity (Wildman–Crippen MR) is 77.8 cm³/mol. The molecule has 0 saturated heterocycles. The number of carbonyl (C=O) groups is 1. The number of aromatic nitrogens is 1. The number of carbonyl (C=O) groups excluding carboxylic acids is 1. The molecule has 20 heavy (non-hydrogen) atoms. The smallest absolute Gasteiger partial charge is 0.238 e. The zero-order valence-corrected chi connectivity index (χ0v) is 12.1. The van der Waals surface area contributed by atoms with Crippen LogP contribution in [0.25, 0.3) is 0 Å². The van der Waals surface area contributed by atoms with E-state index in [1.54, 1.807) is 12.1 Å². The van der Waals surface area contributed by atoms with Gasteiger partial charge in [-0.1, -0.05) is 28.9 Å². The summed E-state index contributed by atoms with van der Waals surface area (Å²) in [6.45, 7) is 4.45. The highest BCUT2D eigenvalue weighted by atomic mass is 35.5. The lowest BCUT2D eigenvalue weighted by Gasteiger charge is -2.08. The zero-order valence-electron chi connectivity index (χ0n) is 11.4. The van der Waals surface area contributed by atoms with Gasteiger partial charge in [0.1, 0.15) is 5.76 Å². The van der Waals surface area contributed by atoms with Crippen LogP contribution < -0.4 is 10.6 Å². The molecule has 0 atom stereocenters. The maximum atomic E-state index is 11.8. The Morgan fingerprint density at radius 1 is 1.35 bits per heavy atom. The van der Waals surface area contributed by atoms with Gasteiger partial charge in [0.2, 0.25) is 5.91 Å². The summed E-state index contributed by atoms with van der Waals surface area (Å²) in [7, 11) is 0. The molecule has 1 aromatic carbocycles. The Labute approximate surface area is 122 Å². The molecular weight excluding hydrogens is 278 g/mol. The number of benzene rings is 1. The van der Waals surface area contributed by atoms with Crippen molar-refractivity contribution >= 4 is 23.2 Å². The van der Waals surface area contributed by atoms with Crippen LogP contribution >= 0.6 is 11.6 Å². The Morgan fingerprint density at radius 2 is 2.10 bits per heavy atom. The summed E-state index contributed by atoms with van der Waals surface area (Å²) in [5, 5.41) is 10.2. The van der Waals surface area contributed by atoms with E-state index in [0.29, 0.717) is 17.3 Å². The molecule has 0 fully saturated rings. The fourth-order valence-electron chi connectivity index (χ4n) is 1.81. The van der Waals surface area contributed by atoms with Gasteiger partial charge in [-0.2, -0.15) is 0 Å². The summed E-state index contributed by atoms with van der Waals surface area (Å²) in [5.74, 6) is 0.617. The molecule has 0 spiro atoms. The number of nitrogens with zero attached hydrogens (tertiary/aromatic N) is 1. The maximum absolute atomic E-state index is 11.8. The molecule has 1 heterocycles. The number of halogens is 1. The predicted octanol–water partition coefficient (Wildman–Crippen LogP) is 2.67. The number of rotatable bonds is 5. The highest BCUT2D eigenvalue weighted by Gasteiger charge is 2.09. The van der Waals surface area contributed by atoms with Crippen LogP contribution in [-0.4, -0.2) is 17.6 Å². The third-order valence-electron chi connectivity index (χ3n) is 2.92. The molecule has 6 heteroatoms. The summed E-state index contributed by atoms with van der Waals surface area (Å²) in [5.41, 5.74) is 2.43. The quantitative estimate of drug-likeness (QED) is 0.889. The van der Waals surface area contributed by atoms with Crippen molar-refractivity contribution in [1.82, 2.24) is 10.5 Å². The first-order valence-corrected chi connectivity index (χ1v) is 6.62. The second-order valence-corrected chi connectivity index (χ2v) is 4.84. The fraction of sp³-hybridized carbons (Fsp3) is 0.286. The molecule has 0 unspecified atom stereocenters. The summed E-state index contributed by atoms with van der Waals surface area (Å²) in [4.78, 5) is 11.8. The van der Waals surface area contributed by atoms with Crippen molar-refractivity contribution in [2.45, 2.75) is 20.4 Å². The van der Waals surface area contributed by atoms with Crippen LogP contribution in [0, 0.1) is 13.8 Å². The van der Waals surface area contributed by atoms with E-state index in [2.05, 4.69) is 15.8 Å². The molecule has 1 aromatic heterocycles. The third-order valence-corrected chi connectivity index (χ3v) is 3.25. The van der Waals surface area contributed by atoms with Gasteiger partial charge in [0.05, 0.1) is 22.9 Å². The molecule has 0 saturated carbocycles. The average Bonchev–Trinajstić information content (AvgIpc) is 2.73. The van der Waals surface area contributed by atoms with Gasteiger partial charge in [0, 0.05) is 12.1 Å². The van der Waals surface area contributed by atoms with Crippen LogP contribution in [0.2, 0.25) is 5.02 Å². The van der Waals surface area contributed by atoms with Crippen molar-refractivity contribution in [3.05, 3.63) is 46.3 Å². The largest absolute Gasteiger partial charge is 0.361 e. The number of para-hydroxylation sites is 1. The number of hydrogen-bond donors (Lipinski definition) is 2. The molecular formula is C14H16ClN3O2. The van der Waals surface area contributed by atoms with Crippen molar-refractivity contribution in [3.63, 3.8) is 0 Å². The van der Waals surface area contributed by atoms with Crippen LogP contribution in [0.1, 0.15) is 17.0 Å². The molecule has 0 radical (unpaired) electrons. The summed E-state index contributed by atoms with van der Waals surface area (Å²) >= 11 is 5.97. The first kappa shape index (κ1) is 14.6. The minimum absolute atomic E-state index is 0.148. The maximum Gasteiger partial charge on any atom is 0.238 e. The van der Waals surface area contributed by atoms with Gasteiger partial charge in [-0.25, -0.2) is 0 Å². The van der Waals surface area contributed by atoms with Crippen molar-refractivity contribution in [1.29, 1.82) is 0 Å². The zero-order chi connectivity index (χ0) is 14.5. The van der Waals surface area contributed by atoms with E-state index in [1.807, 2.05) is 26.0 Å². The Balaban J connectivity index is 1.83. The average molecular weight is 294 g/mol. The van der Waals surface area contributed by atoms with Gasteiger partial charge in [-0.3, -0.25) is 4.79 Å². The van der Waals surface area contributed by atoms with Crippen LogP contribution in [0.4, 0.5) is 5.69 Å². The number of nitrogens with one attached hydrogen (secondary N) is 2. The highest BCUT2D eigenvalue weighted by Crippen LogP contribution is 2.20. The topological polar surface area (TPSA) is 67.2 Å². The molecule has 106 valence electrons. The molecule has 0 aliphatic carbocycles. The van der Waals surface area contributed by atoms with Gasteiger partial charge >= 0.3 is 0 Å². The Kier molecular flexibility index (Phi) is 4.76. The van der Waals surface area contributed by atoms with Gasteiger partial charge < -0.3 is 15.2 Å². The lowest BCUT2D eigenvalue weighted by Crippen LogP contribution is -2.28. The van der Waals surface area contributed by atoms with E-state index in [0.717, 1.165) is 17.0 Å². The van der Waals surface area contributed by atoms with E-state index in [1.165, 1.54) is 0 Å². The Hall–Kier alpha value is -1.85. The van der Waals surface area contributed by atoms with Crippen molar-refractivity contribution < 1.29 is 9.32 Å². The summed E-state index contributed by atoms with van der Waals surface area (Å²) < 4.78 is 5.06. The number of aryl methyl sites for hydroxylation is 2. The van der Waals surface area contributed by atoms with Crippen molar-refractivity contribution in [2.75, 3.05) is 11.9 Å². The molecule has 0 aliphatic heterocycles. The van der Waals surface area contributed by atoms with Gasteiger partial charge in [0.15, 0.2) is 0 Å².